The number of aromatic amines is 1. The molecule has 78 valence electrons. The summed E-state index contributed by atoms with van der Waals surface area (Å²) in [6.45, 7) is 2.18. The van der Waals surface area contributed by atoms with Gasteiger partial charge in [0.15, 0.2) is 0 Å². The zero-order chi connectivity index (χ0) is 10.5. The predicted molar refractivity (Wildman–Crippen MR) is 58.2 cm³/mol. The van der Waals surface area contributed by atoms with E-state index >= 15 is 0 Å². The van der Waals surface area contributed by atoms with Crippen LogP contribution in [0, 0.1) is 0 Å². The van der Waals surface area contributed by atoms with Gasteiger partial charge in [0.25, 0.3) is 0 Å². The maximum atomic E-state index is 4.21. The van der Waals surface area contributed by atoms with Crippen molar-refractivity contribution >= 4 is 0 Å². The average Bonchev–Trinajstić information content (AvgIpc) is 2.76. The molecule has 0 aromatic carbocycles. The van der Waals surface area contributed by atoms with Gasteiger partial charge in [-0.1, -0.05) is 13.3 Å². The first-order valence-electron chi connectivity index (χ1n) is 5.21. The molecule has 0 saturated carbocycles. The summed E-state index contributed by atoms with van der Waals surface area (Å²) in [6.07, 6.45) is 8.48. The number of hydrogen-bond donors (Lipinski definition) is 1. The molecule has 15 heavy (non-hydrogen) atoms. The van der Waals surface area contributed by atoms with E-state index in [0.29, 0.717) is 0 Å². The zero-order valence-corrected chi connectivity index (χ0v) is 8.77. The molecule has 2 aromatic rings. The third-order valence-corrected chi connectivity index (χ3v) is 2.26. The Balaban J connectivity index is 2.14. The van der Waals surface area contributed by atoms with Gasteiger partial charge in [0.1, 0.15) is 11.4 Å². The molecule has 0 spiro atoms. The minimum absolute atomic E-state index is 0.816. The molecule has 2 heterocycles. The second-order valence-electron chi connectivity index (χ2n) is 3.47. The molecule has 0 saturated heterocycles. The molecule has 0 aliphatic rings. The third-order valence-electron chi connectivity index (χ3n) is 2.26. The quantitative estimate of drug-likeness (QED) is 0.827. The van der Waals surface area contributed by atoms with Gasteiger partial charge in [-0.3, -0.25) is 15.1 Å². The second kappa shape index (κ2) is 4.68. The molecule has 0 radical (unpaired) electrons. The maximum Gasteiger partial charge on any atom is 0.112 e. The van der Waals surface area contributed by atoms with E-state index in [1.165, 1.54) is 12.8 Å². The van der Waals surface area contributed by atoms with Gasteiger partial charge in [-0.05, 0) is 18.9 Å². The van der Waals surface area contributed by atoms with Crippen LogP contribution < -0.4 is 0 Å². The molecule has 2 rings (SSSR count). The van der Waals surface area contributed by atoms with Crippen molar-refractivity contribution < 1.29 is 0 Å². The molecule has 0 aliphatic carbocycles. The lowest BCUT2D eigenvalue weighted by Gasteiger charge is -1.92. The number of aromatic nitrogens is 4. The highest BCUT2D eigenvalue weighted by atomic mass is 15.1. The Labute approximate surface area is 88.8 Å². The Morgan fingerprint density at radius 2 is 2.20 bits per heavy atom. The molecule has 0 bridgehead atoms. The molecule has 0 unspecified atom stereocenters. The Morgan fingerprint density at radius 3 is 2.93 bits per heavy atom. The number of rotatable bonds is 4. The van der Waals surface area contributed by atoms with Gasteiger partial charge in [-0.15, -0.1) is 0 Å². The summed E-state index contributed by atoms with van der Waals surface area (Å²) in [6, 6.07) is 2.04. The highest BCUT2D eigenvalue weighted by Crippen LogP contribution is 2.14. The van der Waals surface area contributed by atoms with Crippen LogP contribution in [-0.4, -0.2) is 20.2 Å². The van der Waals surface area contributed by atoms with E-state index in [0.717, 1.165) is 23.5 Å². The molecule has 2 aromatic heterocycles. The molecule has 0 fully saturated rings. The van der Waals surface area contributed by atoms with Crippen molar-refractivity contribution in [3.05, 3.63) is 30.4 Å². The van der Waals surface area contributed by atoms with Crippen molar-refractivity contribution in [2.75, 3.05) is 0 Å². The van der Waals surface area contributed by atoms with Gasteiger partial charge in [-0.25, -0.2) is 0 Å². The first-order valence-corrected chi connectivity index (χ1v) is 5.21. The number of unbranched alkanes of at least 4 members (excludes halogenated alkanes) is 1. The normalized spacial score (nSPS) is 10.5. The highest BCUT2D eigenvalue weighted by Gasteiger charge is 2.04. The van der Waals surface area contributed by atoms with Crippen molar-refractivity contribution in [3.8, 4) is 11.4 Å². The van der Waals surface area contributed by atoms with E-state index < -0.39 is 0 Å². The summed E-state index contributed by atoms with van der Waals surface area (Å²) >= 11 is 0. The van der Waals surface area contributed by atoms with Crippen LogP contribution in [0.1, 0.15) is 25.5 Å². The Hall–Kier alpha value is -1.71. The summed E-state index contributed by atoms with van der Waals surface area (Å²) in [7, 11) is 0. The predicted octanol–water partition coefficient (Wildman–Crippen LogP) is 2.21. The molecule has 0 aliphatic heterocycles. The lowest BCUT2D eigenvalue weighted by Crippen LogP contribution is -1.83. The molecule has 4 heteroatoms. The number of nitrogens with zero attached hydrogens (tertiary/aromatic N) is 3. The van der Waals surface area contributed by atoms with Crippen molar-refractivity contribution in [1.29, 1.82) is 0 Å². The minimum Gasteiger partial charge on any atom is -0.282 e. The van der Waals surface area contributed by atoms with Crippen LogP contribution in [0.5, 0.6) is 0 Å². The number of hydrogen-bond acceptors (Lipinski definition) is 3. The monoisotopic (exact) mass is 202 g/mol. The number of nitrogens with one attached hydrogen (secondary N) is 1. The van der Waals surface area contributed by atoms with Crippen LogP contribution in [0.25, 0.3) is 11.4 Å². The molecule has 0 amide bonds. The number of H-pyrrole nitrogens is 1. The van der Waals surface area contributed by atoms with Crippen LogP contribution in [0.2, 0.25) is 0 Å². The molecule has 0 atom stereocenters. The van der Waals surface area contributed by atoms with Crippen LogP contribution in [0.4, 0.5) is 0 Å². The second-order valence-corrected chi connectivity index (χ2v) is 3.47. The zero-order valence-electron chi connectivity index (χ0n) is 8.77. The molecule has 4 nitrogen and oxygen atoms in total. The summed E-state index contributed by atoms with van der Waals surface area (Å²) in [5.74, 6) is 0. The van der Waals surface area contributed by atoms with E-state index in [1.54, 1.807) is 18.6 Å². The van der Waals surface area contributed by atoms with Gasteiger partial charge >= 0.3 is 0 Å². The van der Waals surface area contributed by atoms with Crippen LogP contribution in [0.15, 0.2) is 24.7 Å². The van der Waals surface area contributed by atoms with Gasteiger partial charge in [0, 0.05) is 18.1 Å². The van der Waals surface area contributed by atoms with Crippen molar-refractivity contribution in [3.63, 3.8) is 0 Å². The van der Waals surface area contributed by atoms with Gasteiger partial charge in [0.2, 0.25) is 0 Å². The standard InChI is InChI=1S/C11H14N4/c1-2-3-4-9-7-10(15-14-9)11-8-12-5-6-13-11/h5-8H,2-4H2,1H3,(H,14,15). The molecular weight excluding hydrogens is 188 g/mol. The SMILES string of the molecule is CCCCc1cc(-c2cnccn2)n[nH]1. The topological polar surface area (TPSA) is 54.5 Å². The summed E-state index contributed by atoms with van der Waals surface area (Å²) in [5, 5.41) is 7.23. The summed E-state index contributed by atoms with van der Waals surface area (Å²) in [5.41, 5.74) is 2.85. The smallest absolute Gasteiger partial charge is 0.112 e. The Morgan fingerprint density at radius 1 is 1.27 bits per heavy atom. The number of aryl methyl sites for hydroxylation is 1. The van der Waals surface area contributed by atoms with Crippen LogP contribution >= 0.6 is 0 Å². The molecule has 1 N–H and O–H groups in total. The fraction of sp³-hybridized carbons (Fsp3) is 0.364. The van der Waals surface area contributed by atoms with Gasteiger partial charge in [0.05, 0.1) is 6.20 Å². The first kappa shape index (κ1) is 9.83. The minimum atomic E-state index is 0.816. The summed E-state index contributed by atoms with van der Waals surface area (Å²) < 4.78 is 0. The van der Waals surface area contributed by atoms with Gasteiger partial charge in [-0.2, -0.15) is 5.10 Å². The van der Waals surface area contributed by atoms with Crippen LogP contribution in [-0.2, 0) is 6.42 Å². The van der Waals surface area contributed by atoms with E-state index in [1.807, 2.05) is 6.07 Å². The van der Waals surface area contributed by atoms with Crippen molar-refractivity contribution in [2.45, 2.75) is 26.2 Å². The fourth-order valence-corrected chi connectivity index (χ4v) is 1.42. The fourth-order valence-electron chi connectivity index (χ4n) is 1.42. The highest BCUT2D eigenvalue weighted by molar-refractivity contribution is 5.52. The first-order chi connectivity index (χ1) is 7.40. The van der Waals surface area contributed by atoms with Crippen molar-refractivity contribution in [2.24, 2.45) is 0 Å². The Bertz CT molecular complexity index is 408. The largest absolute Gasteiger partial charge is 0.282 e. The molecular formula is C11H14N4. The third kappa shape index (κ3) is 2.40. The maximum absolute atomic E-state index is 4.21. The van der Waals surface area contributed by atoms with Crippen LogP contribution in [0.3, 0.4) is 0 Å². The van der Waals surface area contributed by atoms with E-state index in [-0.39, 0.29) is 0 Å². The Kier molecular flexibility index (Phi) is 3.07. The van der Waals surface area contributed by atoms with E-state index in [9.17, 15) is 0 Å². The van der Waals surface area contributed by atoms with Gasteiger partial charge < -0.3 is 0 Å². The van der Waals surface area contributed by atoms with E-state index in [2.05, 4.69) is 27.1 Å². The van der Waals surface area contributed by atoms with Crippen molar-refractivity contribution in [1.82, 2.24) is 20.2 Å². The lowest BCUT2D eigenvalue weighted by molar-refractivity contribution is 0.772. The summed E-state index contributed by atoms with van der Waals surface area (Å²) in [4.78, 5) is 8.21. The van der Waals surface area contributed by atoms with E-state index in [4.69, 9.17) is 0 Å². The lowest BCUT2D eigenvalue weighted by atomic mass is 10.2. The average molecular weight is 202 g/mol.